The Morgan fingerprint density at radius 2 is 1.77 bits per heavy atom. The summed E-state index contributed by atoms with van der Waals surface area (Å²) in [5.41, 5.74) is 9.58. The topological polar surface area (TPSA) is 133 Å². The van der Waals surface area contributed by atoms with E-state index in [4.69, 9.17) is 15.2 Å². The van der Waals surface area contributed by atoms with Gasteiger partial charge in [-0.25, -0.2) is 18.4 Å². The molecule has 44 heavy (non-hydrogen) atoms. The second-order valence-corrected chi connectivity index (χ2v) is 12.7. The van der Waals surface area contributed by atoms with Gasteiger partial charge in [0.15, 0.2) is 0 Å². The SMILES string of the molecule is C=CS(=O)(=O)N1CC[C@@H](N2CC(C#Cc3c(-c4ccc(Oc5ccccc5)cc4)c4c(N)ncnc4n3C)C2)[C@@H](OC=O)C1. The van der Waals surface area contributed by atoms with E-state index in [0.29, 0.717) is 49.7 Å². The first kappa shape index (κ1) is 29.4. The van der Waals surface area contributed by atoms with Crippen LogP contribution in [-0.4, -0.2) is 77.0 Å². The zero-order valence-corrected chi connectivity index (χ0v) is 25.0. The molecule has 2 N–H and O–H groups in total. The number of aromatic nitrogens is 3. The maximum Gasteiger partial charge on any atom is 0.293 e. The highest BCUT2D eigenvalue weighted by Crippen LogP contribution is 2.37. The summed E-state index contributed by atoms with van der Waals surface area (Å²) in [6.45, 7) is 5.57. The molecule has 4 aromatic rings. The number of hydrogen-bond donors (Lipinski definition) is 1. The Morgan fingerprint density at radius 1 is 1.05 bits per heavy atom. The third-order valence-corrected chi connectivity index (χ3v) is 9.65. The van der Waals surface area contributed by atoms with Gasteiger partial charge < -0.3 is 19.8 Å². The molecule has 0 unspecified atom stereocenters. The van der Waals surface area contributed by atoms with Crippen LogP contribution < -0.4 is 10.5 Å². The summed E-state index contributed by atoms with van der Waals surface area (Å²) in [4.78, 5) is 22.1. The van der Waals surface area contributed by atoms with Crippen molar-refractivity contribution in [2.75, 3.05) is 31.9 Å². The quantitative estimate of drug-likeness (QED) is 0.235. The number of nitrogen functional groups attached to an aromatic ring is 1. The lowest BCUT2D eigenvalue weighted by atomic mass is 9.92. The van der Waals surface area contributed by atoms with Crippen molar-refractivity contribution in [2.24, 2.45) is 13.0 Å². The van der Waals surface area contributed by atoms with Gasteiger partial charge in [0.25, 0.3) is 6.47 Å². The number of fused-ring (bicyclic) bond motifs is 1. The third kappa shape index (κ3) is 5.65. The number of benzene rings is 2. The summed E-state index contributed by atoms with van der Waals surface area (Å²) >= 11 is 0. The summed E-state index contributed by atoms with van der Waals surface area (Å²) in [7, 11) is -1.68. The molecule has 0 saturated carbocycles. The highest BCUT2D eigenvalue weighted by atomic mass is 32.2. The minimum Gasteiger partial charge on any atom is -0.461 e. The van der Waals surface area contributed by atoms with Crippen molar-refractivity contribution in [1.29, 1.82) is 0 Å². The summed E-state index contributed by atoms with van der Waals surface area (Å²) < 4.78 is 39.1. The Kier molecular flexibility index (Phi) is 8.09. The standard InChI is InChI=1S/C32H32N6O5S/c1-3-44(40,41)38-16-15-26(28(19-38)42-21-39)37-17-22(18-37)9-14-27-29(30-31(33)34-20-35-32(30)36(27)2)23-10-12-25(13-11-23)43-24-7-5-4-6-8-24/h3-8,10-13,20-22,26,28H,1,15-19H2,2H3,(H2,33,34,35)/t26-,28+/m1/s1. The van der Waals surface area contributed by atoms with Crippen LogP contribution in [0.25, 0.3) is 22.2 Å². The van der Waals surface area contributed by atoms with Gasteiger partial charge in [-0.1, -0.05) is 42.8 Å². The second kappa shape index (κ2) is 12.1. The first-order valence-electron chi connectivity index (χ1n) is 14.2. The fraction of sp³-hybridized carbons (Fsp3) is 0.281. The van der Waals surface area contributed by atoms with Gasteiger partial charge >= 0.3 is 0 Å². The minimum absolute atomic E-state index is 0.0813. The van der Waals surface area contributed by atoms with Crippen molar-refractivity contribution in [1.82, 2.24) is 23.7 Å². The first-order chi connectivity index (χ1) is 21.3. The summed E-state index contributed by atoms with van der Waals surface area (Å²) in [6.07, 6.45) is 1.42. The van der Waals surface area contributed by atoms with E-state index in [-0.39, 0.29) is 18.5 Å². The molecule has 226 valence electrons. The van der Waals surface area contributed by atoms with Gasteiger partial charge in [-0.05, 0) is 42.2 Å². The molecule has 0 bridgehead atoms. The van der Waals surface area contributed by atoms with Crippen molar-refractivity contribution in [3.05, 3.63) is 78.6 Å². The Morgan fingerprint density at radius 3 is 2.48 bits per heavy atom. The molecule has 2 saturated heterocycles. The molecule has 0 amide bonds. The third-order valence-electron chi connectivity index (χ3n) is 8.18. The highest BCUT2D eigenvalue weighted by molar-refractivity contribution is 7.92. The number of sulfonamides is 1. The van der Waals surface area contributed by atoms with Crippen molar-refractivity contribution in [2.45, 2.75) is 18.6 Å². The number of carbonyl (C=O) groups is 1. The Balaban J connectivity index is 1.23. The Hall–Kier alpha value is -4.70. The number of nitrogens with two attached hydrogens (primary N) is 1. The van der Waals surface area contributed by atoms with E-state index in [1.807, 2.05) is 66.2 Å². The fourth-order valence-electron chi connectivity index (χ4n) is 5.90. The molecule has 6 rings (SSSR count). The molecule has 2 fully saturated rings. The Labute approximate surface area is 256 Å². The van der Waals surface area contributed by atoms with E-state index >= 15 is 0 Å². The lowest BCUT2D eigenvalue weighted by Crippen LogP contribution is -2.61. The zero-order chi connectivity index (χ0) is 30.8. The van der Waals surface area contributed by atoms with Gasteiger partial charge in [-0.15, -0.1) is 0 Å². The van der Waals surface area contributed by atoms with E-state index in [1.54, 1.807) is 0 Å². The number of anilines is 1. The van der Waals surface area contributed by atoms with Gasteiger partial charge in [0, 0.05) is 49.6 Å². The van der Waals surface area contributed by atoms with E-state index < -0.39 is 16.1 Å². The predicted molar refractivity (Wildman–Crippen MR) is 167 cm³/mol. The summed E-state index contributed by atoms with van der Waals surface area (Å²) in [5, 5.41) is 1.66. The number of para-hydroxylation sites is 1. The molecule has 2 aliphatic rings. The van der Waals surface area contributed by atoms with Crippen molar-refractivity contribution in [3.8, 4) is 34.5 Å². The molecule has 0 aliphatic carbocycles. The number of nitrogens with zero attached hydrogens (tertiary/aromatic N) is 5. The molecule has 12 heteroatoms. The van der Waals surface area contributed by atoms with E-state index in [0.717, 1.165) is 33.4 Å². The molecule has 11 nitrogen and oxygen atoms in total. The number of aryl methyl sites for hydroxylation is 1. The summed E-state index contributed by atoms with van der Waals surface area (Å²) in [5.74, 6) is 8.72. The maximum atomic E-state index is 12.3. The second-order valence-electron chi connectivity index (χ2n) is 10.8. The summed E-state index contributed by atoms with van der Waals surface area (Å²) in [6, 6.07) is 17.3. The number of hydrogen-bond acceptors (Lipinski definition) is 9. The molecule has 2 aromatic heterocycles. The van der Waals surface area contributed by atoms with E-state index in [9.17, 15) is 13.2 Å². The van der Waals surface area contributed by atoms with Crippen LogP contribution in [0.2, 0.25) is 0 Å². The lowest BCUT2D eigenvalue weighted by molar-refractivity contribution is -0.141. The maximum absolute atomic E-state index is 12.3. The molecule has 0 radical (unpaired) electrons. The van der Waals surface area contributed by atoms with Crippen LogP contribution in [-0.2, 0) is 26.6 Å². The lowest BCUT2D eigenvalue weighted by Gasteiger charge is -2.47. The van der Waals surface area contributed by atoms with Crippen LogP contribution in [0.15, 0.2) is 72.9 Å². The van der Waals surface area contributed by atoms with Crippen LogP contribution in [0.4, 0.5) is 5.82 Å². The zero-order valence-electron chi connectivity index (χ0n) is 24.2. The van der Waals surface area contributed by atoms with Gasteiger partial charge in [0.05, 0.1) is 11.9 Å². The number of carbonyl (C=O) groups excluding carboxylic acids is 1. The van der Waals surface area contributed by atoms with Crippen molar-refractivity contribution < 1.29 is 22.7 Å². The average Bonchev–Trinajstić information content (AvgIpc) is 3.30. The predicted octanol–water partition coefficient (Wildman–Crippen LogP) is 3.38. The van der Waals surface area contributed by atoms with Crippen molar-refractivity contribution >= 4 is 33.3 Å². The Bertz CT molecular complexity index is 1860. The van der Waals surface area contributed by atoms with Gasteiger partial charge in [0.2, 0.25) is 10.0 Å². The molecular formula is C32H32N6O5S. The van der Waals surface area contributed by atoms with Crippen LogP contribution in [0.5, 0.6) is 11.5 Å². The van der Waals surface area contributed by atoms with Gasteiger partial charge in [0.1, 0.15) is 41.1 Å². The minimum atomic E-state index is -3.59. The van der Waals surface area contributed by atoms with Gasteiger partial charge in [-0.2, -0.15) is 4.31 Å². The van der Waals surface area contributed by atoms with Crippen LogP contribution >= 0.6 is 0 Å². The molecule has 2 aromatic carbocycles. The molecule has 0 spiro atoms. The van der Waals surface area contributed by atoms with E-state index in [2.05, 4.69) is 33.3 Å². The number of piperidine rings is 1. The van der Waals surface area contributed by atoms with Crippen LogP contribution in [0.1, 0.15) is 12.1 Å². The van der Waals surface area contributed by atoms with Crippen molar-refractivity contribution in [3.63, 3.8) is 0 Å². The molecule has 2 aliphatic heterocycles. The number of likely N-dealkylation sites (tertiary alicyclic amines) is 1. The monoisotopic (exact) mass is 612 g/mol. The smallest absolute Gasteiger partial charge is 0.293 e. The normalized spacial score (nSPS) is 19.5. The van der Waals surface area contributed by atoms with Crippen LogP contribution in [0.3, 0.4) is 0 Å². The number of ether oxygens (including phenoxy) is 2. The van der Waals surface area contributed by atoms with Crippen LogP contribution in [0, 0.1) is 17.8 Å². The first-order valence-corrected chi connectivity index (χ1v) is 15.7. The highest BCUT2D eigenvalue weighted by Gasteiger charge is 2.42. The van der Waals surface area contributed by atoms with E-state index in [1.165, 1.54) is 10.6 Å². The van der Waals surface area contributed by atoms with Gasteiger partial charge in [-0.3, -0.25) is 9.69 Å². The average molecular weight is 613 g/mol. The molecule has 4 heterocycles. The molecular weight excluding hydrogens is 580 g/mol. The molecule has 2 atom stereocenters. The largest absolute Gasteiger partial charge is 0.461 e. The fourth-order valence-corrected chi connectivity index (χ4v) is 6.82. The number of rotatable bonds is 8.